The van der Waals surface area contributed by atoms with E-state index < -0.39 is 0 Å². The average molecular weight is 279 g/mol. The number of aromatic nitrogens is 3. The number of hydrogen-bond acceptors (Lipinski definition) is 5. The molecule has 7 nitrogen and oxygen atoms in total. The molecule has 1 atom stereocenters. The number of aromatic amines is 1. The Hall–Kier alpha value is -1.47. The van der Waals surface area contributed by atoms with Gasteiger partial charge in [-0.25, -0.2) is 4.98 Å². The van der Waals surface area contributed by atoms with Crippen molar-refractivity contribution in [1.82, 2.24) is 25.4 Å². The first-order valence-corrected chi connectivity index (χ1v) is 7.25. The molecule has 1 aliphatic heterocycles. The van der Waals surface area contributed by atoms with Gasteiger partial charge in [-0.15, -0.1) is 5.10 Å². The fourth-order valence-corrected chi connectivity index (χ4v) is 2.42. The normalized spacial score (nSPS) is 21.6. The summed E-state index contributed by atoms with van der Waals surface area (Å²) in [6.07, 6.45) is 2.29. The second-order valence-electron chi connectivity index (χ2n) is 5.61. The van der Waals surface area contributed by atoms with Crippen LogP contribution in [0.5, 0.6) is 0 Å². The monoisotopic (exact) mass is 279 g/mol. The summed E-state index contributed by atoms with van der Waals surface area (Å²) in [6.45, 7) is 6.22. The largest absolute Gasteiger partial charge is 0.379 e. The van der Waals surface area contributed by atoms with Gasteiger partial charge in [0.05, 0.1) is 13.2 Å². The summed E-state index contributed by atoms with van der Waals surface area (Å²) in [6, 6.07) is 0.0727. The number of hydrogen-bond donors (Lipinski definition) is 2. The third-order valence-corrected chi connectivity index (χ3v) is 3.68. The zero-order valence-electron chi connectivity index (χ0n) is 11.8. The quantitative estimate of drug-likeness (QED) is 0.800. The minimum Gasteiger partial charge on any atom is -0.379 e. The van der Waals surface area contributed by atoms with E-state index in [4.69, 9.17) is 4.74 Å². The van der Waals surface area contributed by atoms with Gasteiger partial charge in [0, 0.05) is 31.6 Å². The minimum atomic E-state index is -0.200. The van der Waals surface area contributed by atoms with Crippen LogP contribution in [0.4, 0.5) is 0 Å². The first-order chi connectivity index (χ1) is 9.72. The zero-order chi connectivity index (χ0) is 13.9. The molecule has 2 heterocycles. The summed E-state index contributed by atoms with van der Waals surface area (Å²) >= 11 is 0. The Bertz CT molecular complexity index is 465. The van der Waals surface area contributed by atoms with Crippen molar-refractivity contribution in [2.24, 2.45) is 0 Å². The van der Waals surface area contributed by atoms with Gasteiger partial charge in [-0.05, 0) is 19.8 Å². The van der Waals surface area contributed by atoms with Crippen molar-refractivity contribution in [3.8, 4) is 0 Å². The van der Waals surface area contributed by atoms with Crippen LogP contribution in [0.25, 0.3) is 0 Å². The molecular weight excluding hydrogens is 258 g/mol. The van der Waals surface area contributed by atoms with E-state index in [1.165, 1.54) is 0 Å². The van der Waals surface area contributed by atoms with Crippen LogP contribution in [-0.4, -0.2) is 64.9 Å². The molecule has 2 fully saturated rings. The van der Waals surface area contributed by atoms with E-state index in [1.54, 1.807) is 0 Å². The molecule has 7 heteroatoms. The van der Waals surface area contributed by atoms with E-state index in [2.05, 4.69) is 25.4 Å². The predicted octanol–water partition coefficient (Wildman–Crippen LogP) is 0.133. The van der Waals surface area contributed by atoms with Gasteiger partial charge in [0.1, 0.15) is 5.82 Å². The molecule has 20 heavy (non-hydrogen) atoms. The lowest BCUT2D eigenvalue weighted by Crippen LogP contribution is -2.46. The smallest absolute Gasteiger partial charge is 0.291 e. The number of ether oxygens (including phenoxy) is 1. The second-order valence-corrected chi connectivity index (χ2v) is 5.61. The van der Waals surface area contributed by atoms with Crippen LogP contribution in [0.3, 0.4) is 0 Å². The highest BCUT2D eigenvalue weighted by atomic mass is 16.5. The van der Waals surface area contributed by atoms with Crippen LogP contribution in [0.2, 0.25) is 0 Å². The predicted molar refractivity (Wildman–Crippen MR) is 72.5 cm³/mol. The third kappa shape index (κ3) is 3.34. The van der Waals surface area contributed by atoms with Crippen LogP contribution >= 0.6 is 0 Å². The molecule has 0 spiro atoms. The zero-order valence-corrected chi connectivity index (χ0v) is 11.8. The maximum absolute atomic E-state index is 12.1. The fourth-order valence-electron chi connectivity index (χ4n) is 2.42. The van der Waals surface area contributed by atoms with Crippen molar-refractivity contribution < 1.29 is 9.53 Å². The highest BCUT2D eigenvalue weighted by Crippen LogP contribution is 2.37. The molecule has 1 saturated heterocycles. The summed E-state index contributed by atoms with van der Waals surface area (Å²) in [4.78, 5) is 18.6. The molecule has 0 aromatic carbocycles. The Morgan fingerprint density at radius 2 is 2.25 bits per heavy atom. The number of amides is 1. The molecule has 0 radical (unpaired) electrons. The van der Waals surface area contributed by atoms with Crippen molar-refractivity contribution in [1.29, 1.82) is 0 Å². The van der Waals surface area contributed by atoms with E-state index in [1.807, 2.05) is 6.92 Å². The Labute approximate surface area is 118 Å². The summed E-state index contributed by atoms with van der Waals surface area (Å²) in [5.41, 5.74) is 0. The van der Waals surface area contributed by atoms with Crippen LogP contribution < -0.4 is 5.32 Å². The second kappa shape index (κ2) is 5.88. The standard InChI is InChI=1S/C13H21N5O2/c1-9(8-18-4-6-20-7-5-18)14-13(19)12-15-11(16-17-12)10-2-3-10/h9-10H,2-8H2,1H3,(H,14,19)(H,15,16,17). The molecule has 2 N–H and O–H groups in total. The lowest BCUT2D eigenvalue weighted by molar-refractivity contribution is 0.0342. The van der Waals surface area contributed by atoms with E-state index >= 15 is 0 Å². The molecule has 2 aliphatic rings. The number of carbonyl (C=O) groups is 1. The Morgan fingerprint density at radius 3 is 2.95 bits per heavy atom. The van der Waals surface area contributed by atoms with Gasteiger partial charge in [0.15, 0.2) is 0 Å². The molecule has 1 amide bonds. The molecule has 1 aliphatic carbocycles. The van der Waals surface area contributed by atoms with Gasteiger partial charge in [-0.1, -0.05) is 0 Å². The van der Waals surface area contributed by atoms with Crippen molar-refractivity contribution in [3.05, 3.63) is 11.6 Å². The van der Waals surface area contributed by atoms with Gasteiger partial charge < -0.3 is 10.1 Å². The van der Waals surface area contributed by atoms with Gasteiger partial charge in [0.25, 0.3) is 5.91 Å². The molecule has 3 rings (SSSR count). The molecule has 110 valence electrons. The number of rotatable bonds is 5. The maximum Gasteiger partial charge on any atom is 0.291 e. The minimum absolute atomic E-state index is 0.0727. The Morgan fingerprint density at radius 1 is 1.50 bits per heavy atom. The lowest BCUT2D eigenvalue weighted by atomic mass is 10.3. The van der Waals surface area contributed by atoms with Crippen LogP contribution in [0.15, 0.2) is 0 Å². The van der Waals surface area contributed by atoms with Crippen LogP contribution in [0, 0.1) is 0 Å². The number of nitrogens with one attached hydrogen (secondary N) is 2. The Balaban J connectivity index is 1.49. The molecule has 1 aromatic rings. The van der Waals surface area contributed by atoms with E-state index in [-0.39, 0.29) is 17.8 Å². The molecule has 0 bridgehead atoms. The SMILES string of the molecule is CC(CN1CCOCC1)NC(=O)c1n[nH]c(C2CC2)n1. The van der Waals surface area contributed by atoms with Crippen molar-refractivity contribution in [2.75, 3.05) is 32.8 Å². The highest BCUT2D eigenvalue weighted by molar-refractivity contribution is 5.90. The summed E-state index contributed by atoms with van der Waals surface area (Å²) in [5.74, 6) is 1.38. The van der Waals surface area contributed by atoms with Gasteiger partial charge in [-0.2, -0.15) is 0 Å². The number of morpholine rings is 1. The number of H-pyrrole nitrogens is 1. The number of carbonyl (C=O) groups excluding carboxylic acids is 1. The first-order valence-electron chi connectivity index (χ1n) is 7.25. The topological polar surface area (TPSA) is 83.1 Å². The van der Waals surface area contributed by atoms with Crippen molar-refractivity contribution in [3.63, 3.8) is 0 Å². The Kier molecular flexibility index (Phi) is 3.98. The summed E-state index contributed by atoms with van der Waals surface area (Å²) in [5, 5.41) is 9.80. The number of nitrogens with zero attached hydrogens (tertiary/aromatic N) is 3. The molecule has 1 saturated carbocycles. The molecular formula is C13H21N5O2. The average Bonchev–Trinajstić information content (AvgIpc) is 3.17. The van der Waals surface area contributed by atoms with Crippen molar-refractivity contribution in [2.45, 2.75) is 31.7 Å². The molecule has 1 aromatic heterocycles. The maximum atomic E-state index is 12.1. The summed E-state index contributed by atoms with van der Waals surface area (Å²) < 4.78 is 5.31. The first kappa shape index (κ1) is 13.5. The molecule has 1 unspecified atom stereocenters. The van der Waals surface area contributed by atoms with E-state index in [9.17, 15) is 4.79 Å². The fraction of sp³-hybridized carbons (Fsp3) is 0.769. The van der Waals surface area contributed by atoms with Crippen LogP contribution in [0.1, 0.15) is 42.1 Å². The third-order valence-electron chi connectivity index (χ3n) is 3.68. The van der Waals surface area contributed by atoms with Crippen molar-refractivity contribution >= 4 is 5.91 Å². The van der Waals surface area contributed by atoms with Gasteiger partial charge >= 0.3 is 0 Å². The summed E-state index contributed by atoms with van der Waals surface area (Å²) in [7, 11) is 0. The van der Waals surface area contributed by atoms with Gasteiger partial charge in [-0.3, -0.25) is 14.8 Å². The van der Waals surface area contributed by atoms with E-state index in [0.29, 0.717) is 5.92 Å². The van der Waals surface area contributed by atoms with Crippen LogP contribution in [-0.2, 0) is 4.74 Å². The van der Waals surface area contributed by atoms with Gasteiger partial charge in [0.2, 0.25) is 5.82 Å². The highest BCUT2D eigenvalue weighted by Gasteiger charge is 2.28. The lowest BCUT2D eigenvalue weighted by Gasteiger charge is -2.29. The van der Waals surface area contributed by atoms with E-state index in [0.717, 1.165) is 51.5 Å².